The van der Waals surface area contributed by atoms with Crippen LogP contribution in [0.3, 0.4) is 0 Å². The number of rotatable bonds is 5. The highest BCUT2D eigenvalue weighted by Crippen LogP contribution is 2.38. The summed E-state index contributed by atoms with van der Waals surface area (Å²) in [6, 6.07) is 4.62. The molecule has 5 nitrogen and oxygen atoms in total. The quantitative estimate of drug-likeness (QED) is 0.806. The highest BCUT2D eigenvalue weighted by molar-refractivity contribution is 9.10. The molecule has 2 aromatic rings. The summed E-state index contributed by atoms with van der Waals surface area (Å²) in [6.45, 7) is 0. The molecule has 1 N–H and O–H groups in total. The van der Waals surface area contributed by atoms with Gasteiger partial charge in [-0.15, -0.1) is 11.3 Å². The smallest absolute Gasteiger partial charge is 0.272 e. The molecule has 0 saturated heterocycles. The molecule has 0 aliphatic carbocycles. The van der Waals surface area contributed by atoms with Gasteiger partial charge < -0.3 is 9.47 Å². The lowest BCUT2D eigenvalue weighted by atomic mass is 10.3. The van der Waals surface area contributed by atoms with E-state index >= 15 is 0 Å². The standard InChI is InChI=1S/C12H11BrClNO4S2/c1-18-10-5-8(14)9(6-11(10)19-2)15-21(16,17)12-7(13)3-4-20-12/h3-6,15H,1-2H3. The van der Waals surface area contributed by atoms with Crippen molar-refractivity contribution in [3.05, 3.63) is 33.1 Å². The molecule has 0 spiro atoms. The van der Waals surface area contributed by atoms with Crippen molar-refractivity contribution < 1.29 is 17.9 Å². The van der Waals surface area contributed by atoms with Crippen molar-refractivity contribution in [2.45, 2.75) is 4.21 Å². The summed E-state index contributed by atoms with van der Waals surface area (Å²) < 4.78 is 38.0. The van der Waals surface area contributed by atoms with E-state index in [9.17, 15) is 8.42 Å². The predicted octanol–water partition coefficient (Wildman–Crippen LogP) is 3.98. The second kappa shape index (κ2) is 6.43. The van der Waals surface area contributed by atoms with Gasteiger partial charge in [-0.3, -0.25) is 4.72 Å². The van der Waals surface area contributed by atoms with E-state index in [-0.39, 0.29) is 14.9 Å². The molecule has 0 amide bonds. The van der Waals surface area contributed by atoms with Gasteiger partial charge in [-0.1, -0.05) is 11.6 Å². The molecule has 0 fully saturated rings. The van der Waals surface area contributed by atoms with Crippen molar-refractivity contribution in [3.63, 3.8) is 0 Å². The molecule has 0 atom stereocenters. The lowest BCUT2D eigenvalue weighted by molar-refractivity contribution is 0.355. The minimum Gasteiger partial charge on any atom is -0.493 e. The summed E-state index contributed by atoms with van der Waals surface area (Å²) in [5.41, 5.74) is 0.217. The third kappa shape index (κ3) is 3.45. The van der Waals surface area contributed by atoms with Crippen LogP contribution >= 0.6 is 38.9 Å². The van der Waals surface area contributed by atoms with Crippen molar-refractivity contribution in [1.82, 2.24) is 0 Å². The number of hydrogen-bond donors (Lipinski definition) is 1. The summed E-state index contributed by atoms with van der Waals surface area (Å²) in [6.07, 6.45) is 0. The predicted molar refractivity (Wildman–Crippen MR) is 87.4 cm³/mol. The van der Waals surface area contributed by atoms with Gasteiger partial charge in [0.15, 0.2) is 15.7 Å². The molecule has 0 saturated carbocycles. The third-order valence-electron chi connectivity index (χ3n) is 2.55. The fourth-order valence-corrected chi connectivity index (χ4v) is 5.26. The maximum atomic E-state index is 12.3. The Labute approximate surface area is 140 Å². The van der Waals surface area contributed by atoms with Crippen LogP contribution in [0.5, 0.6) is 11.5 Å². The molecule has 0 bridgehead atoms. The number of anilines is 1. The fraction of sp³-hybridized carbons (Fsp3) is 0.167. The monoisotopic (exact) mass is 411 g/mol. The Morgan fingerprint density at radius 2 is 1.86 bits per heavy atom. The maximum Gasteiger partial charge on any atom is 0.272 e. The summed E-state index contributed by atoms with van der Waals surface area (Å²) in [5, 5.41) is 1.89. The van der Waals surface area contributed by atoms with E-state index in [1.807, 2.05) is 0 Å². The fourth-order valence-electron chi connectivity index (χ4n) is 1.60. The first-order valence-electron chi connectivity index (χ1n) is 5.56. The second-order valence-corrected chi connectivity index (χ2v) is 7.90. The number of hydrogen-bond acceptors (Lipinski definition) is 5. The number of methoxy groups -OCH3 is 2. The van der Waals surface area contributed by atoms with Crippen molar-refractivity contribution in [2.75, 3.05) is 18.9 Å². The Balaban J connectivity index is 2.42. The van der Waals surface area contributed by atoms with Crippen molar-refractivity contribution in [1.29, 1.82) is 0 Å². The maximum absolute atomic E-state index is 12.3. The van der Waals surface area contributed by atoms with E-state index in [1.165, 1.54) is 26.4 Å². The van der Waals surface area contributed by atoms with Gasteiger partial charge in [-0.2, -0.15) is 0 Å². The Kier molecular flexibility index (Phi) is 5.03. The summed E-state index contributed by atoms with van der Waals surface area (Å²) in [4.78, 5) is 0. The average molecular weight is 413 g/mol. The highest BCUT2D eigenvalue weighted by atomic mass is 79.9. The zero-order chi connectivity index (χ0) is 15.6. The Hall–Kier alpha value is -0.960. The van der Waals surface area contributed by atoms with E-state index in [0.717, 1.165) is 11.3 Å². The molecule has 0 aliphatic rings. The molecule has 114 valence electrons. The third-order valence-corrected chi connectivity index (χ3v) is 6.89. The van der Waals surface area contributed by atoms with Crippen LogP contribution < -0.4 is 14.2 Å². The van der Waals surface area contributed by atoms with Crippen LogP contribution in [0.1, 0.15) is 0 Å². The Morgan fingerprint density at radius 3 is 2.38 bits per heavy atom. The number of halogens is 2. The first-order valence-corrected chi connectivity index (χ1v) is 9.09. The molecule has 9 heteroatoms. The van der Waals surface area contributed by atoms with Crippen LogP contribution in [0.15, 0.2) is 32.3 Å². The number of ether oxygens (including phenoxy) is 2. The van der Waals surface area contributed by atoms with Gasteiger partial charge in [-0.25, -0.2) is 8.42 Å². The van der Waals surface area contributed by atoms with E-state index in [4.69, 9.17) is 21.1 Å². The molecule has 0 unspecified atom stereocenters. The van der Waals surface area contributed by atoms with E-state index in [0.29, 0.717) is 16.0 Å². The van der Waals surface area contributed by atoms with Crippen LogP contribution in [0.2, 0.25) is 5.02 Å². The molecule has 21 heavy (non-hydrogen) atoms. The van der Waals surface area contributed by atoms with Crippen LogP contribution in [0, 0.1) is 0 Å². The van der Waals surface area contributed by atoms with Gasteiger partial charge in [0.2, 0.25) is 0 Å². The van der Waals surface area contributed by atoms with Crippen LogP contribution in [-0.4, -0.2) is 22.6 Å². The van der Waals surface area contributed by atoms with Crippen molar-refractivity contribution >= 4 is 54.6 Å². The van der Waals surface area contributed by atoms with Gasteiger partial charge in [0.25, 0.3) is 10.0 Å². The summed E-state index contributed by atoms with van der Waals surface area (Å²) >= 11 is 10.4. The normalized spacial score (nSPS) is 11.2. The molecule has 2 rings (SSSR count). The zero-order valence-electron chi connectivity index (χ0n) is 11.0. The topological polar surface area (TPSA) is 64.6 Å². The van der Waals surface area contributed by atoms with E-state index in [1.54, 1.807) is 11.4 Å². The van der Waals surface area contributed by atoms with Crippen molar-refractivity contribution in [2.24, 2.45) is 0 Å². The second-order valence-electron chi connectivity index (χ2n) is 3.85. The highest BCUT2D eigenvalue weighted by Gasteiger charge is 2.21. The molecule has 0 radical (unpaired) electrons. The van der Waals surface area contributed by atoms with Gasteiger partial charge in [0.05, 0.1) is 24.9 Å². The van der Waals surface area contributed by atoms with Gasteiger partial charge in [0, 0.05) is 16.6 Å². The average Bonchev–Trinajstić information content (AvgIpc) is 2.87. The summed E-state index contributed by atoms with van der Waals surface area (Å²) in [5.74, 6) is 0.799. The molecule has 1 heterocycles. The van der Waals surface area contributed by atoms with Crippen molar-refractivity contribution in [3.8, 4) is 11.5 Å². The number of benzene rings is 1. The summed E-state index contributed by atoms with van der Waals surface area (Å²) in [7, 11) is -0.796. The van der Waals surface area contributed by atoms with Gasteiger partial charge in [0.1, 0.15) is 0 Å². The van der Waals surface area contributed by atoms with Gasteiger partial charge in [-0.05, 0) is 27.4 Å². The molecular formula is C12H11BrClNO4S2. The number of nitrogens with one attached hydrogen (secondary N) is 1. The SMILES string of the molecule is COc1cc(Cl)c(NS(=O)(=O)c2sccc2Br)cc1OC. The van der Waals surface area contributed by atoms with E-state index < -0.39 is 10.0 Å². The lowest BCUT2D eigenvalue weighted by Gasteiger charge is -2.13. The zero-order valence-corrected chi connectivity index (χ0v) is 15.0. The molecular weight excluding hydrogens is 402 g/mol. The van der Waals surface area contributed by atoms with Crippen LogP contribution in [-0.2, 0) is 10.0 Å². The van der Waals surface area contributed by atoms with Gasteiger partial charge >= 0.3 is 0 Å². The molecule has 1 aromatic carbocycles. The van der Waals surface area contributed by atoms with Crippen LogP contribution in [0.25, 0.3) is 0 Å². The van der Waals surface area contributed by atoms with E-state index in [2.05, 4.69) is 20.7 Å². The first kappa shape index (κ1) is 16.4. The number of thiophene rings is 1. The Bertz CT molecular complexity index is 761. The molecule has 0 aliphatic heterocycles. The minimum atomic E-state index is -3.73. The lowest BCUT2D eigenvalue weighted by Crippen LogP contribution is -2.12. The molecule has 1 aromatic heterocycles. The minimum absolute atomic E-state index is 0.174. The first-order chi connectivity index (χ1) is 9.89. The van der Waals surface area contributed by atoms with Crippen LogP contribution in [0.4, 0.5) is 5.69 Å². The number of sulfonamides is 1. The Morgan fingerprint density at radius 1 is 1.24 bits per heavy atom. The largest absolute Gasteiger partial charge is 0.493 e.